The van der Waals surface area contributed by atoms with E-state index in [4.69, 9.17) is 116 Å². The molecule has 0 spiro atoms. The number of Topliss-reactive ketones (excluding diaryl/α,β-unsaturated/α-hetero) is 1. The highest BCUT2D eigenvalue weighted by molar-refractivity contribution is 7.80. The summed E-state index contributed by atoms with van der Waals surface area (Å²) < 4.78 is 6.45. The Morgan fingerprint density at radius 3 is 1.11 bits per heavy atom. The largest absolute Gasteiger partial charge is 0.462 e. The zero-order valence-electron chi connectivity index (χ0n) is 46.0. The number of hydrogen-bond acceptors (Lipinski definition) is 11. The molecule has 17 nitrogen and oxygen atoms in total. The molecule has 4 aromatic carbocycles. The Bertz CT molecular complexity index is 2700. The SMILES string of the molecule is CC(=O)c1ccc(NC(=S)NC(NC(=O)Cc2ccccc2)C(C)(Cl)Cl)cc1.CCCCOC(=O)c1ccc(NC(=S)NC(NC(=O)CC)C(C)(Cl)Cl)cc1.CCCCOC(=O)c1ccc(NC(=S)NC(NC(C)=O)C(C)(Cl)Cl)cc1. The van der Waals surface area contributed by atoms with Crippen molar-refractivity contribution in [3.8, 4) is 0 Å². The van der Waals surface area contributed by atoms with E-state index >= 15 is 0 Å². The predicted molar refractivity (Wildman–Crippen MR) is 340 cm³/mol. The zero-order chi connectivity index (χ0) is 60.9. The van der Waals surface area contributed by atoms with Gasteiger partial charge in [0.25, 0.3) is 0 Å². The first-order valence-corrected chi connectivity index (χ1v) is 28.9. The van der Waals surface area contributed by atoms with Gasteiger partial charge in [-0.15, -0.1) is 0 Å². The molecule has 0 radical (unpaired) electrons. The maximum Gasteiger partial charge on any atom is 0.338 e. The van der Waals surface area contributed by atoms with Crippen LogP contribution in [0.3, 0.4) is 0 Å². The maximum absolute atomic E-state index is 12.3. The molecule has 0 saturated heterocycles. The first-order valence-electron chi connectivity index (χ1n) is 25.4. The molecule has 4 aromatic rings. The molecule has 0 heterocycles. The number of carbonyl (C=O) groups excluding carboxylic acids is 6. The smallest absolute Gasteiger partial charge is 0.338 e. The molecule has 3 atom stereocenters. The number of hydrogen-bond donors (Lipinski definition) is 9. The van der Waals surface area contributed by atoms with Gasteiger partial charge in [-0.25, -0.2) is 9.59 Å². The molecule has 9 N–H and O–H groups in total. The van der Waals surface area contributed by atoms with E-state index in [1.807, 2.05) is 44.2 Å². The van der Waals surface area contributed by atoms with E-state index in [0.717, 1.165) is 31.2 Å². The van der Waals surface area contributed by atoms with Crippen molar-refractivity contribution in [3.05, 3.63) is 125 Å². The molecule has 81 heavy (non-hydrogen) atoms. The van der Waals surface area contributed by atoms with E-state index in [1.165, 1.54) is 20.8 Å². The number of thiocarbonyl (C=S) groups is 3. The zero-order valence-corrected chi connectivity index (χ0v) is 52.9. The lowest BCUT2D eigenvalue weighted by Gasteiger charge is -2.29. The van der Waals surface area contributed by atoms with E-state index in [0.29, 0.717) is 47.0 Å². The lowest BCUT2D eigenvalue weighted by Crippen LogP contribution is -2.57. The highest BCUT2D eigenvalue weighted by Gasteiger charge is 2.34. The highest BCUT2D eigenvalue weighted by atomic mass is 35.5. The average molecular weight is 1290 g/mol. The number of amides is 3. The van der Waals surface area contributed by atoms with Crippen LogP contribution in [-0.2, 0) is 30.3 Å². The molecule has 3 unspecified atom stereocenters. The predicted octanol–water partition coefficient (Wildman–Crippen LogP) is 11.6. The van der Waals surface area contributed by atoms with Crippen LogP contribution < -0.4 is 47.9 Å². The highest BCUT2D eigenvalue weighted by Crippen LogP contribution is 2.26. The molecule has 0 aliphatic rings. The van der Waals surface area contributed by atoms with Gasteiger partial charge >= 0.3 is 11.9 Å². The number of carbonyl (C=O) groups is 6. The van der Waals surface area contributed by atoms with Crippen molar-refractivity contribution in [2.24, 2.45) is 0 Å². The Labute approximate surface area is 520 Å². The minimum atomic E-state index is -1.31. The van der Waals surface area contributed by atoms with Gasteiger partial charge in [0.1, 0.15) is 18.5 Å². The van der Waals surface area contributed by atoms with Gasteiger partial charge in [-0.3, -0.25) is 19.2 Å². The molecular formula is C55H69Cl6N9O8S3. The molecule has 0 aliphatic carbocycles. The average Bonchev–Trinajstić information content (AvgIpc) is 3.39. The van der Waals surface area contributed by atoms with E-state index in [2.05, 4.69) is 47.9 Å². The fourth-order valence-electron chi connectivity index (χ4n) is 6.18. The summed E-state index contributed by atoms with van der Waals surface area (Å²) in [4.78, 5) is 70.3. The lowest BCUT2D eigenvalue weighted by atomic mass is 10.1. The van der Waals surface area contributed by atoms with Crippen molar-refractivity contribution in [1.82, 2.24) is 31.9 Å². The van der Waals surface area contributed by atoms with Gasteiger partial charge in [0, 0.05) is 36.0 Å². The van der Waals surface area contributed by atoms with E-state index in [1.54, 1.807) is 93.6 Å². The molecule has 0 saturated carbocycles. The normalized spacial score (nSPS) is 12.0. The Hall–Kier alpha value is -5.29. The Morgan fingerprint density at radius 2 is 0.802 bits per heavy atom. The maximum atomic E-state index is 12.3. The van der Waals surface area contributed by atoms with Gasteiger partial charge in [-0.1, -0.05) is 134 Å². The van der Waals surface area contributed by atoms with E-state index < -0.39 is 31.5 Å². The molecular weight excluding hydrogens is 1220 g/mol. The minimum Gasteiger partial charge on any atom is -0.462 e. The summed E-state index contributed by atoms with van der Waals surface area (Å²) in [7, 11) is 0. The van der Waals surface area contributed by atoms with E-state index in [-0.39, 0.29) is 63.6 Å². The first kappa shape index (κ1) is 71.8. The van der Waals surface area contributed by atoms with Crippen LogP contribution in [0.25, 0.3) is 0 Å². The summed E-state index contributed by atoms with van der Waals surface area (Å²) in [5.74, 6) is -1.51. The van der Waals surface area contributed by atoms with Crippen LogP contribution in [0.5, 0.6) is 0 Å². The Kier molecular flexibility index (Phi) is 32.2. The third-order valence-electron chi connectivity index (χ3n) is 10.6. The Morgan fingerprint density at radius 1 is 0.469 bits per heavy atom. The van der Waals surface area contributed by atoms with Crippen LogP contribution in [0.4, 0.5) is 17.1 Å². The summed E-state index contributed by atoms with van der Waals surface area (Å²) in [6.45, 7) is 14.1. The molecule has 4 rings (SSSR count). The number of rotatable bonds is 24. The van der Waals surface area contributed by atoms with Gasteiger partial charge in [-0.2, -0.15) is 0 Å². The van der Waals surface area contributed by atoms with Crippen molar-refractivity contribution in [3.63, 3.8) is 0 Å². The standard InChI is InChI=1S/C20H21Cl2N3O2S.C18H25Cl2N3O3S.C17H23Cl2N3O3S/c1-13(26)15-8-10-16(11-9-15)23-19(28)25-18(20(2,21)22)24-17(27)12-14-6-4-3-5-7-14;1-4-6-11-26-15(25)12-7-9-13(10-8-12)21-17(27)23-16(18(3,19)20)22-14(24)5-2;1-4-5-10-25-14(24)12-6-8-13(9-7-12)21-16(26)22-15(17(3,18)19)20-11(2)23/h3-11,18H,12H2,1-2H3,(H,24,27)(H2,23,25,28);7-10,16H,4-6,11H2,1-3H3,(H,22,24)(H2,21,23,27);6-9,15H,4-5,10H2,1-3H3,(H,20,23)(H2,21,22,26). The number of ether oxygens (including phenoxy) is 2. The number of nitrogens with one attached hydrogen (secondary N) is 9. The molecule has 442 valence electrons. The molecule has 0 bridgehead atoms. The van der Waals surface area contributed by atoms with Crippen LogP contribution in [0.15, 0.2) is 103 Å². The van der Waals surface area contributed by atoms with Gasteiger partial charge < -0.3 is 57.3 Å². The number of benzene rings is 4. The van der Waals surface area contributed by atoms with Crippen molar-refractivity contribution >= 4 is 174 Å². The first-order chi connectivity index (χ1) is 37.9. The molecule has 26 heteroatoms. The molecule has 3 amide bonds. The summed E-state index contributed by atoms with van der Waals surface area (Å²) in [6, 6.07) is 29.5. The topological polar surface area (TPSA) is 229 Å². The number of anilines is 3. The van der Waals surface area contributed by atoms with Crippen molar-refractivity contribution in [2.45, 2.75) is 125 Å². The van der Waals surface area contributed by atoms with E-state index in [9.17, 15) is 28.8 Å². The number of esters is 2. The van der Waals surface area contributed by atoms with Gasteiger partial charge in [0.15, 0.2) is 34.1 Å². The summed E-state index contributed by atoms with van der Waals surface area (Å²) in [5.41, 5.74) is 4.38. The number of alkyl halides is 6. The van der Waals surface area contributed by atoms with Crippen LogP contribution in [-0.4, -0.2) is 95.5 Å². The van der Waals surface area contributed by atoms with Gasteiger partial charge in [0.2, 0.25) is 17.7 Å². The second-order valence-electron chi connectivity index (χ2n) is 18.1. The fourth-order valence-corrected chi connectivity index (χ4v) is 7.54. The van der Waals surface area contributed by atoms with Crippen molar-refractivity contribution in [1.29, 1.82) is 0 Å². The van der Waals surface area contributed by atoms with Crippen molar-refractivity contribution < 1.29 is 38.2 Å². The van der Waals surface area contributed by atoms with Crippen LogP contribution in [0.1, 0.15) is 124 Å². The third-order valence-corrected chi connectivity index (χ3v) is 12.6. The summed E-state index contributed by atoms with van der Waals surface area (Å²) >= 11 is 52.5. The van der Waals surface area contributed by atoms with Crippen LogP contribution in [0, 0.1) is 0 Å². The van der Waals surface area contributed by atoms with Crippen LogP contribution in [0.2, 0.25) is 0 Å². The Balaban J connectivity index is 0.000000415. The summed E-state index contributed by atoms with van der Waals surface area (Å²) in [6.07, 6.45) is 1.70. The van der Waals surface area contributed by atoms with Gasteiger partial charge in [-0.05, 0) is 156 Å². The molecule has 0 fully saturated rings. The second-order valence-corrected chi connectivity index (χ2v) is 24.6. The van der Waals surface area contributed by atoms with Gasteiger partial charge in [0.05, 0.1) is 30.8 Å². The number of unbranched alkanes of at least 4 members (excludes halogenated alkanes) is 2. The lowest BCUT2D eigenvalue weighted by molar-refractivity contribution is -0.122. The second kappa shape index (κ2) is 36.3. The quantitative estimate of drug-likeness (QED) is 0.00793. The van der Waals surface area contributed by atoms with Crippen LogP contribution >= 0.6 is 106 Å². The molecule has 0 aliphatic heterocycles. The number of ketones is 1. The minimum absolute atomic E-state index is 0.0199. The fraction of sp³-hybridized carbons (Fsp3) is 0.400. The monoisotopic (exact) mass is 1290 g/mol. The summed E-state index contributed by atoms with van der Waals surface area (Å²) in [5, 5.41) is 26.2. The third kappa shape index (κ3) is 30.0. The molecule has 0 aromatic heterocycles. The number of halogens is 6. The van der Waals surface area contributed by atoms with Crippen molar-refractivity contribution in [2.75, 3.05) is 29.2 Å².